The zero-order chi connectivity index (χ0) is 15.9. The molecule has 2 rings (SSSR count). The van der Waals surface area contributed by atoms with Gasteiger partial charge in [0, 0.05) is 25.6 Å². The van der Waals surface area contributed by atoms with Gasteiger partial charge in [0.2, 0.25) is 0 Å². The lowest BCUT2D eigenvalue weighted by Crippen LogP contribution is -2.45. The molecule has 1 fully saturated rings. The van der Waals surface area contributed by atoms with E-state index < -0.39 is 6.10 Å². The van der Waals surface area contributed by atoms with Crippen LogP contribution in [0.25, 0.3) is 5.57 Å². The molecule has 0 radical (unpaired) electrons. The van der Waals surface area contributed by atoms with Gasteiger partial charge in [-0.1, -0.05) is 50.3 Å². The number of hydrogen-bond donors (Lipinski definition) is 2. The van der Waals surface area contributed by atoms with E-state index >= 15 is 0 Å². The van der Waals surface area contributed by atoms with Crippen molar-refractivity contribution in [2.75, 3.05) is 26.2 Å². The molecule has 1 aromatic rings. The van der Waals surface area contributed by atoms with Crippen LogP contribution in [0.4, 0.5) is 0 Å². The van der Waals surface area contributed by atoms with Crippen LogP contribution in [0.2, 0.25) is 0 Å². The summed E-state index contributed by atoms with van der Waals surface area (Å²) in [6.07, 6.45) is 3.86. The van der Waals surface area contributed by atoms with Gasteiger partial charge >= 0.3 is 0 Å². The molecule has 1 aromatic carbocycles. The highest BCUT2D eigenvalue weighted by Gasteiger charge is 2.27. The lowest BCUT2D eigenvalue weighted by atomic mass is 9.93. The number of aliphatic hydroxyl groups is 2. The van der Waals surface area contributed by atoms with Crippen LogP contribution in [0.1, 0.15) is 32.3 Å². The number of hydrogen-bond acceptors (Lipinski definition) is 3. The summed E-state index contributed by atoms with van der Waals surface area (Å²) in [4.78, 5) is 2.30. The van der Waals surface area contributed by atoms with Crippen LogP contribution in [0, 0.1) is 11.8 Å². The van der Waals surface area contributed by atoms with E-state index in [0.29, 0.717) is 12.5 Å². The van der Waals surface area contributed by atoms with Gasteiger partial charge in [-0.15, -0.1) is 0 Å². The average Bonchev–Trinajstić information content (AvgIpc) is 2.52. The number of rotatable bonds is 6. The quantitative estimate of drug-likeness (QED) is 0.849. The van der Waals surface area contributed by atoms with E-state index in [-0.39, 0.29) is 12.5 Å². The Hall–Kier alpha value is -1.16. The maximum Gasteiger partial charge on any atom is 0.0717 e. The van der Waals surface area contributed by atoms with Gasteiger partial charge in [0.25, 0.3) is 0 Å². The van der Waals surface area contributed by atoms with E-state index in [1.54, 1.807) is 0 Å². The molecule has 1 saturated heterocycles. The third-order valence-electron chi connectivity index (χ3n) is 4.41. The molecule has 0 unspecified atom stereocenters. The molecule has 0 amide bonds. The van der Waals surface area contributed by atoms with E-state index in [1.165, 1.54) is 11.1 Å². The number of piperidine rings is 1. The molecule has 0 aliphatic carbocycles. The smallest absolute Gasteiger partial charge is 0.0717 e. The second-order valence-electron chi connectivity index (χ2n) is 6.76. The summed E-state index contributed by atoms with van der Waals surface area (Å²) in [5, 5.41) is 19.4. The summed E-state index contributed by atoms with van der Waals surface area (Å²) in [6.45, 7) is 7.01. The summed E-state index contributed by atoms with van der Waals surface area (Å²) >= 11 is 0. The Kier molecular flexibility index (Phi) is 6.62. The lowest BCUT2D eigenvalue weighted by Gasteiger charge is -2.35. The van der Waals surface area contributed by atoms with E-state index in [2.05, 4.69) is 49.1 Å². The van der Waals surface area contributed by atoms with Crippen molar-refractivity contribution >= 4 is 5.57 Å². The van der Waals surface area contributed by atoms with Crippen LogP contribution >= 0.6 is 0 Å². The zero-order valence-electron chi connectivity index (χ0n) is 13.8. The van der Waals surface area contributed by atoms with Gasteiger partial charge in [-0.2, -0.15) is 0 Å². The van der Waals surface area contributed by atoms with Crippen molar-refractivity contribution < 1.29 is 10.2 Å². The van der Waals surface area contributed by atoms with Gasteiger partial charge < -0.3 is 10.2 Å². The van der Waals surface area contributed by atoms with Crippen LogP contribution in [-0.2, 0) is 0 Å². The number of likely N-dealkylation sites (tertiary alicyclic amines) is 1. The number of allylic oxidation sites excluding steroid dienone is 1. The standard InChI is InChI=1S/C19H29NO2/c1-15(2)8-9-17(16-6-4-3-5-7-16)12-20-11-10-18(14-21)19(22)13-20/h3-7,9,15,18-19,21-22H,8,10-14H2,1-2H3/b17-9+/t18-,19+/m0/s1. The van der Waals surface area contributed by atoms with Crippen molar-refractivity contribution in [3.63, 3.8) is 0 Å². The molecular formula is C19H29NO2. The van der Waals surface area contributed by atoms with Gasteiger partial charge in [-0.3, -0.25) is 4.90 Å². The van der Waals surface area contributed by atoms with Crippen LogP contribution in [0.5, 0.6) is 0 Å². The van der Waals surface area contributed by atoms with Crippen LogP contribution in [-0.4, -0.2) is 47.5 Å². The Morgan fingerprint density at radius 2 is 2.05 bits per heavy atom. The SMILES string of the molecule is CC(C)C/C=C(\CN1CC[C@@H](CO)[C@H](O)C1)c1ccccc1. The van der Waals surface area contributed by atoms with E-state index in [4.69, 9.17) is 0 Å². The summed E-state index contributed by atoms with van der Waals surface area (Å²) < 4.78 is 0. The highest BCUT2D eigenvalue weighted by molar-refractivity contribution is 5.66. The zero-order valence-corrected chi connectivity index (χ0v) is 13.8. The van der Waals surface area contributed by atoms with Crippen molar-refractivity contribution in [2.45, 2.75) is 32.8 Å². The van der Waals surface area contributed by atoms with Crippen molar-refractivity contribution in [1.29, 1.82) is 0 Å². The third kappa shape index (κ3) is 4.94. The van der Waals surface area contributed by atoms with Crippen molar-refractivity contribution in [1.82, 2.24) is 4.90 Å². The number of aliphatic hydroxyl groups excluding tert-OH is 2. The third-order valence-corrected chi connectivity index (χ3v) is 4.41. The summed E-state index contributed by atoms with van der Waals surface area (Å²) in [6, 6.07) is 10.5. The number of benzene rings is 1. The maximum absolute atomic E-state index is 10.1. The first kappa shape index (κ1) is 17.2. The van der Waals surface area contributed by atoms with Gasteiger partial charge in [0.15, 0.2) is 0 Å². The monoisotopic (exact) mass is 303 g/mol. The molecule has 1 aliphatic rings. The van der Waals surface area contributed by atoms with Crippen LogP contribution in [0.15, 0.2) is 36.4 Å². The minimum absolute atomic E-state index is 0.0380. The highest BCUT2D eigenvalue weighted by atomic mass is 16.3. The fourth-order valence-electron chi connectivity index (χ4n) is 2.95. The Bertz CT molecular complexity index is 470. The minimum atomic E-state index is -0.416. The van der Waals surface area contributed by atoms with E-state index in [1.807, 2.05) is 6.07 Å². The van der Waals surface area contributed by atoms with Crippen molar-refractivity contribution in [3.8, 4) is 0 Å². The van der Waals surface area contributed by atoms with Crippen LogP contribution < -0.4 is 0 Å². The first-order valence-corrected chi connectivity index (χ1v) is 8.36. The lowest BCUT2D eigenvalue weighted by molar-refractivity contribution is 0.00259. The van der Waals surface area contributed by atoms with Crippen molar-refractivity contribution in [3.05, 3.63) is 42.0 Å². The number of β-amino-alcohol motifs (C(OH)–C–C–N with tert-alkyl or cyclic N) is 1. The molecule has 22 heavy (non-hydrogen) atoms. The first-order valence-electron chi connectivity index (χ1n) is 8.36. The average molecular weight is 303 g/mol. The molecular weight excluding hydrogens is 274 g/mol. The topological polar surface area (TPSA) is 43.7 Å². The maximum atomic E-state index is 10.1. The molecule has 0 bridgehead atoms. The van der Waals surface area contributed by atoms with Gasteiger partial charge in [0.1, 0.15) is 0 Å². The first-order chi connectivity index (χ1) is 10.6. The summed E-state index contributed by atoms with van der Waals surface area (Å²) in [5.41, 5.74) is 2.60. The molecule has 2 atom stereocenters. The van der Waals surface area contributed by atoms with E-state index in [0.717, 1.165) is 25.9 Å². The molecule has 0 aromatic heterocycles. The van der Waals surface area contributed by atoms with Gasteiger partial charge in [-0.05, 0) is 36.4 Å². The largest absolute Gasteiger partial charge is 0.396 e. The van der Waals surface area contributed by atoms with Crippen molar-refractivity contribution in [2.24, 2.45) is 11.8 Å². The Labute approximate surface area is 134 Å². The second-order valence-corrected chi connectivity index (χ2v) is 6.76. The van der Waals surface area contributed by atoms with E-state index in [9.17, 15) is 10.2 Å². The highest BCUT2D eigenvalue weighted by Crippen LogP contribution is 2.22. The van der Waals surface area contributed by atoms with Gasteiger partial charge in [-0.25, -0.2) is 0 Å². The molecule has 3 nitrogen and oxygen atoms in total. The summed E-state index contributed by atoms with van der Waals surface area (Å²) in [5.74, 6) is 0.681. The second kappa shape index (κ2) is 8.47. The fourth-order valence-corrected chi connectivity index (χ4v) is 2.95. The van der Waals surface area contributed by atoms with Crippen LogP contribution in [0.3, 0.4) is 0 Å². The summed E-state index contributed by atoms with van der Waals surface area (Å²) in [7, 11) is 0. The predicted octanol–water partition coefficient (Wildman–Crippen LogP) is 2.79. The normalized spacial score (nSPS) is 24.0. The molecule has 3 heteroatoms. The number of nitrogens with zero attached hydrogens (tertiary/aromatic N) is 1. The molecule has 0 spiro atoms. The minimum Gasteiger partial charge on any atom is -0.396 e. The fraction of sp³-hybridized carbons (Fsp3) is 0.579. The Morgan fingerprint density at radius 3 is 2.64 bits per heavy atom. The molecule has 122 valence electrons. The predicted molar refractivity (Wildman–Crippen MR) is 91.5 cm³/mol. The molecule has 1 aliphatic heterocycles. The Morgan fingerprint density at radius 1 is 1.32 bits per heavy atom. The Balaban J connectivity index is 2.06. The molecule has 1 heterocycles. The molecule has 0 saturated carbocycles. The molecule has 2 N–H and O–H groups in total. The van der Waals surface area contributed by atoms with Gasteiger partial charge in [0.05, 0.1) is 6.10 Å².